The van der Waals surface area contributed by atoms with Crippen LogP contribution in [-0.2, 0) is 28.6 Å². The van der Waals surface area contributed by atoms with E-state index in [1.165, 1.54) is 289 Å². The highest BCUT2D eigenvalue weighted by Gasteiger charge is 2.19. The molecule has 0 saturated carbocycles. The lowest BCUT2D eigenvalue weighted by atomic mass is 10.0. The Morgan fingerprint density at radius 3 is 0.714 bits per heavy atom. The van der Waals surface area contributed by atoms with Gasteiger partial charge < -0.3 is 14.2 Å². The monoisotopic (exact) mass is 1080 g/mol. The van der Waals surface area contributed by atoms with Crippen molar-refractivity contribution >= 4 is 17.9 Å². The number of carbonyl (C=O) groups excluding carboxylic acids is 3. The molecule has 0 spiro atoms. The van der Waals surface area contributed by atoms with E-state index in [0.29, 0.717) is 19.3 Å². The Balaban J connectivity index is 4.02. The Morgan fingerprint density at radius 2 is 0.468 bits per heavy atom. The highest BCUT2D eigenvalue weighted by atomic mass is 16.6. The quantitative estimate of drug-likeness (QED) is 0.0261. The first-order valence-electron chi connectivity index (χ1n) is 34.8. The summed E-state index contributed by atoms with van der Waals surface area (Å²) in [5.74, 6) is -0.838. The Bertz CT molecular complexity index is 1240. The van der Waals surface area contributed by atoms with Crippen molar-refractivity contribution in [3.8, 4) is 0 Å². The van der Waals surface area contributed by atoms with Crippen LogP contribution in [0.2, 0.25) is 0 Å². The Hall–Kier alpha value is -2.11. The predicted octanol–water partition coefficient (Wildman–Crippen LogP) is 23.8. The SMILES string of the molecule is CCCCCCC/C=C\C/C=C\CCCCCCCCCCCCCCCCCCCCCC(=O)OCC(COC(=O)CCCCCCCCCC)OC(=O)CCCCCCCCCCCCCCCCCCCCCC. The predicted molar refractivity (Wildman–Crippen MR) is 335 cm³/mol. The van der Waals surface area contributed by atoms with E-state index in [2.05, 4.69) is 45.1 Å². The smallest absolute Gasteiger partial charge is 0.306 e. The van der Waals surface area contributed by atoms with Gasteiger partial charge >= 0.3 is 17.9 Å². The lowest BCUT2D eigenvalue weighted by Gasteiger charge is -2.18. The van der Waals surface area contributed by atoms with Gasteiger partial charge in [-0.3, -0.25) is 14.4 Å². The summed E-state index contributed by atoms with van der Waals surface area (Å²) in [6.45, 7) is 6.68. The van der Waals surface area contributed by atoms with Gasteiger partial charge in [0.1, 0.15) is 13.2 Å². The summed E-state index contributed by atoms with van der Waals surface area (Å²) in [7, 11) is 0. The number of carbonyl (C=O) groups is 3. The average Bonchev–Trinajstić information content (AvgIpc) is 3.43. The summed E-state index contributed by atoms with van der Waals surface area (Å²) in [4.78, 5) is 38.2. The van der Waals surface area contributed by atoms with Crippen molar-refractivity contribution < 1.29 is 28.6 Å². The summed E-state index contributed by atoms with van der Waals surface area (Å²) < 4.78 is 16.9. The molecule has 0 bridgehead atoms. The van der Waals surface area contributed by atoms with Gasteiger partial charge in [0, 0.05) is 19.3 Å². The van der Waals surface area contributed by atoms with Gasteiger partial charge in [-0.05, 0) is 51.4 Å². The van der Waals surface area contributed by atoms with E-state index in [-0.39, 0.29) is 31.1 Å². The minimum atomic E-state index is -0.764. The molecule has 0 amide bonds. The highest BCUT2D eigenvalue weighted by Crippen LogP contribution is 2.19. The zero-order valence-corrected chi connectivity index (χ0v) is 52.3. The summed E-state index contributed by atoms with van der Waals surface area (Å²) in [5, 5.41) is 0. The number of esters is 3. The minimum Gasteiger partial charge on any atom is -0.462 e. The zero-order chi connectivity index (χ0) is 55.7. The number of rotatable bonds is 65. The number of hydrogen-bond donors (Lipinski definition) is 0. The topological polar surface area (TPSA) is 78.9 Å². The molecule has 0 aromatic heterocycles. The third-order valence-corrected chi connectivity index (χ3v) is 16.0. The maximum absolute atomic E-state index is 12.9. The maximum Gasteiger partial charge on any atom is 0.306 e. The van der Waals surface area contributed by atoms with E-state index in [1.54, 1.807) is 0 Å². The first kappa shape index (κ1) is 74.9. The van der Waals surface area contributed by atoms with E-state index >= 15 is 0 Å². The molecule has 0 aromatic rings. The maximum atomic E-state index is 12.9. The van der Waals surface area contributed by atoms with Crippen LogP contribution < -0.4 is 0 Å². The minimum absolute atomic E-state index is 0.0638. The molecule has 0 radical (unpaired) electrons. The summed E-state index contributed by atoms with van der Waals surface area (Å²) in [5.41, 5.74) is 0. The van der Waals surface area contributed by atoms with Crippen molar-refractivity contribution in [2.75, 3.05) is 13.2 Å². The van der Waals surface area contributed by atoms with Crippen LogP contribution in [0.1, 0.15) is 393 Å². The molecule has 1 atom stereocenters. The molecule has 0 fully saturated rings. The van der Waals surface area contributed by atoms with Crippen LogP contribution in [-0.4, -0.2) is 37.2 Å². The van der Waals surface area contributed by atoms with Crippen LogP contribution in [0.4, 0.5) is 0 Å². The molecule has 0 rings (SSSR count). The van der Waals surface area contributed by atoms with E-state index in [9.17, 15) is 14.4 Å². The van der Waals surface area contributed by atoms with Crippen molar-refractivity contribution in [1.29, 1.82) is 0 Å². The molecule has 0 aliphatic carbocycles. The van der Waals surface area contributed by atoms with Crippen LogP contribution in [0.3, 0.4) is 0 Å². The van der Waals surface area contributed by atoms with E-state index in [0.717, 1.165) is 64.2 Å². The molecule has 77 heavy (non-hydrogen) atoms. The molecular weight excluding hydrogens is 949 g/mol. The van der Waals surface area contributed by atoms with E-state index < -0.39 is 6.10 Å². The summed E-state index contributed by atoms with van der Waals surface area (Å²) in [6.07, 6.45) is 80.9. The Labute approximate surface area is 481 Å². The second-order valence-electron chi connectivity index (χ2n) is 23.8. The first-order chi connectivity index (χ1) is 38.0. The zero-order valence-electron chi connectivity index (χ0n) is 52.3. The van der Waals surface area contributed by atoms with Crippen LogP contribution in [0.15, 0.2) is 24.3 Å². The standard InChI is InChI=1S/C71H134O6/c1-4-7-10-13-16-19-21-23-25-27-29-31-32-33-34-35-36-37-38-39-40-41-43-44-46-48-50-52-55-58-61-64-70(73)76-67-68(66-75-69(72)63-60-57-54-18-15-12-9-6-3)77-71(74)65-62-59-56-53-51-49-47-45-42-30-28-26-24-22-20-17-14-11-8-5-2/h21,23,27,29,68H,4-20,22,24-26,28,30-67H2,1-3H3/b23-21-,29-27-. The van der Waals surface area contributed by atoms with E-state index in [1.807, 2.05) is 0 Å². The molecule has 6 heteroatoms. The molecule has 0 aliphatic rings. The van der Waals surface area contributed by atoms with Crippen molar-refractivity contribution in [3.63, 3.8) is 0 Å². The normalized spacial score (nSPS) is 12.1. The molecule has 6 nitrogen and oxygen atoms in total. The first-order valence-corrected chi connectivity index (χ1v) is 34.8. The molecule has 0 aliphatic heterocycles. The van der Waals surface area contributed by atoms with Crippen molar-refractivity contribution in [2.45, 2.75) is 399 Å². The molecule has 0 saturated heterocycles. The fourth-order valence-electron chi connectivity index (χ4n) is 10.7. The highest BCUT2D eigenvalue weighted by molar-refractivity contribution is 5.71. The number of ether oxygens (including phenoxy) is 3. The van der Waals surface area contributed by atoms with Gasteiger partial charge in [0.2, 0.25) is 0 Å². The van der Waals surface area contributed by atoms with Gasteiger partial charge in [-0.1, -0.05) is 347 Å². The van der Waals surface area contributed by atoms with Crippen LogP contribution >= 0.6 is 0 Å². The largest absolute Gasteiger partial charge is 0.462 e. The van der Waals surface area contributed by atoms with Crippen molar-refractivity contribution in [1.82, 2.24) is 0 Å². The van der Waals surface area contributed by atoms with Crippen molar-refractivity contribution in [3.05, 3.63) is 24.3 Å². The average molecular weight is 1080 g/mol. The Kier molecular flexibility index (Phi) is 64.6. The molecular formula is C71H134O6. The fraction of sp³-hybridized carbons (Fsp3) is 0.901. The molecule has 0 heterocycles. The molecule has 0 aromatic carbocycles. The summed E-state index contributed by atoms with van der Waals surface area (Å²) >= 11 is 0. The Morgan fingerprint density at radius 1 is 0.260 bits per heavy atom. The molecule has 1 unspecified atom stereocenters. The molecule has 0 N–H and O–H groups in total. The van der Waals surface area contributed by atoms with Gasteiger partial charge in [0.15, 0.2) is 6.10 Å². The van der Waals surface area contributed by atoms with Gasteiger partial charge in [0.25, 0.3) is 0 Å². The van der Waals surface area contributed by atoms with Crippen LogP contribution in [0, 0.1) is 0 Å². The van der Waals surface area contributed by atoms with E-state index in [4.69, 9.17) is 14.2 Å². The van der Waals surface area contributed by atoms with Crippen LogP contribution in [0.25, 0.3) is 0 Å². The molecule has 454 valence electrons. The van der Waals surface area contributed by atoms with Crippen molar-refractivity contribution in [2.24, 2.45) is 0 Å². The second-order valence-corrected chi connectivity index (χ2v) is 23.8. The number of unbranched alkanes of at least 4 members (excludes halogenated alkanes) is 50. The fourth-order valence-corrected chi connectivity index (χ4v) is 10.7. The number of allylic oxidation sites excluding steroid dienone is 4. The second kappa shape index (κ2) is 66.4. The summed E-state index contributed by atoms with van der Waals surface area (Å²) in [6, 6.07) is 0. The van der Waals surface area contributed by atoms with Crippen LogP contribution in [0.5, 0.6) is 0 Å². The van der Waals surface area contributed by atoms with Gasteiger partial charge in [-0.15, -0.1) is 0 Å². The van der Waals surface area contributed by atoms with Gasteiger partial charge in [0.05, 0.1) is 0 Å². The van der Waals surface area contributed by atoms with Gasteiger partial charge in [-0.2, -0.15) is 0 Å². The van der Waals surface area contributed by atoms with Gasteiger partial charge in [-0.25, -0.2) is 0 Å². The third kappa shape index (κ3) is 64.6. The lowest BCUT2D eigenvalue weighted by molar-refractivity contribution is -0.167. The number of hydrogen-bond acceptors (Lipinski definition) is 6. The lowest BCUT2D eigenvalue weighted by Crippen LogP contribution is -2.30. The third-order valence-electron chi connectivity index (χ3n) is 16.0.